The quantitative estimate of drug-likeness (QED) is 0.753. The van der Waals surface area contributed by atoms with Gasteiger partial charge in [-0.3, -0.25) is 0 Å². The molecule has 1 aliphatic rings. The first-order valence-electron chi connectivity index (χ1n) is 5.40. The van der Waals surface area contributed by atoms with Gasteiger partial charge in [-0.1, -0.05) is 0 Å². The van der Waals surface area contributed by atoms with Gasteiger partial charge in [0.15, 0.2) is 0 Å². The molecule has 1 aromatic rings. The number of rotatable bonds is 2. The Hall–Kier alpha value is -1.60. The summed E-state index contributed by atoms with van der Waals surface area (Å²) in [6, 6.07) is 6.15. The number of aromatic nitrogens is 1. The van der Waals surface area contributed by atoms with Crippen LogP contribution in [0.1, 0.15) is 17.7 Å². The maximum atomic E-state index is 8.91. The molecular weight excluding hydrogens is 202 g/mol. The molecule has 16 heavy (non-hydrogen) atoms. The first-order chi connectivity index (χ1) is 7.70. The number of ether oxygens (including phenoxy) is 1. The van der Waals surface area contributed by atoms with Gasteiger partial charge in [-0.2, -0.15) is 5.26 Å². The maximum Gasteiger partial charge on any atom is 0.130 e. The van der Waals surface area contributed by atoms with Crippen LogP contribution in [0.25, 0.3) is 0 Å². The summed E-state index contributed by atoms with van der Waals surface area (Å²) in [5.41, 5.74) is 1.54. The second kappa shape index (κ2) is 4.50. The molecule has 1 unspecified atom stereocenters. The second-order valence-electron chi connectivity index (χ2n) is 4.10. The fourth-order valence-electron chi connectivity index (χ4n) is 1.91. The molecule has 1 atom stereocenters. The summed E-state index contributed by atoms with van der Waals surface area (Å²) in [4.78, 5) is 6.54. The molecule has 0 N–H and O–H groups in total. The summed E-state index contributed by atoms with van der Waals surface area (Å²) >= 11 is 0. The Bertz CT molecular complexity index is 419. The van der Waals surface area contributed by atoms with Crippen molar-refractivity contribution in [1.29, 1.82) is 5.26 Å². The third-order valence-electron chi connectivity index (χ3n) is 2.88. The van der Waals surface area contributed by atoms with Crippen LogP contribution in [0, 0.1) is 18.3 Å². The SMILES string of the molecule is Cc1cc(C#N)cc(N(C)C2CCOC2)n1. The molecule has 1 fully saturated rings. The van der Waals surface area contributed by atoms with Gasteiger partial charge in [0.25, 0.3) is 0 Å². The summed E-state index contributed by atoms with van der Waals surface area (Å²) in [7, 11) is 2.00. The average molecular weight is 217 g/mol. The van der Waals surface area contributed by atoms with Gasteiger partial charge in [0.1, 0.15) is 5.82 Å². The summed E-state index contributed by atoms with van der Waals surface area (Å²) in [6.07, 6.45) is 1.02. The van der Waals surface area contributed by atoms with Crippen LogP contribution >= 0.6 is 0 Å². The Morgan fingerprint density at radius 3 is 3.00 bits per heavy atom. The van der Waals surface area contributed by atoms with Crippen molar-refractivity contribution >= 4 is 5.82 Å². The molecule has 4 nitrogen and oxygen atoms in total. The van der Waals surface area contributed by atoms with E-state index in [-0.39, 0.29) is 0 Å². The number of hydrogen-bond acceptors (Lipinski definition) is 4. The van der Waals surface area contributed by atoms with Gasteiger partial charge < -0.3 is 9.64 Å². The van der Waals surface area contributed by atoms with E-state index >= 15 is 0 Å². The highest BCUT2D eigenvalue weighted by Gasteiger charge is 2.21. The number of anilines is 1. The van der Waals surface area contributed by atoms with E-state index in [1.54, 1.807) is 6.07 Å². The van der Waals surface area contributed by atoms with Crippen LogP contribution in [-0.2, 0) is 4.74 Å². The lowest BCUT2D eigenvalue weighted by molar-refractivity contribution is 0.193. The molecule has 0 spiro atoms. The molecule has 2 rings (SSSR count). The zero-order valence-electron chi connectivity index (χ0n) is 9.60. The number of pyridine rings is 1. The first-order valence-corrected chi connectivity index (χ1v) is 5.40. The van der Waals surface area contributed by atoms with Crippen molar-refractivity contribution in [2.45, 2.75) is 19.4 Å². The van der Waals surface area contributed by atoms with Crippen LogP contribution in [0.4, 0.5) is 5.82 Å². The minimum Gasteiger partial charge on any atom is -0.379 e. The largest absolute Gasteiger partial charge is 0.379 e. The van der Waals surface area contributed by atoms with Crippen molar-refractivity contribution < 1.29 is 4.74 Å². The van der Waals surface area contributed by atoms with Gasteiger partial charge in [-0.05, 0) is 25.5 Å². The van der Waals surface area contributed by atoms with E-state index in [1.165, 1.54) is 0 Å². The number of aryl methyl sites for hydroxylation is 1. The normalized spacial score (nSPS) is 19.4. The van der Waals surface area contributed by atoms with E-state index < -0.39 is 0 Å². The van der Waals surface area contributed by atoms with Gasteiger partial charge in [-0.15, -0.1) is 0 Å². The van der Waals surface area contributed by atoms with Gasteiger partial charge in [-0.25, -0.2) is 4.98 Å². The predicted octanol–water partition coefficient (Wildman–Crippen LogP) is 1.49. The smallest absolute Gasteiger partial charge is 0.130 e. The number of likely N-dealkylation sites (N-methyl/N-ethyl adjacent to an activating group) is 1. The molecule has 84 valence electrons. The Kier molecular flexibility index (Phi) is 3.07. The van der Waals surface area contributed by atoms with Crippen LogP contribution < -0.4 is 4.90 Å². The van der Waals surface area contributed by atoms with Gasteiger partial charge >= 0.3 is 0 Å². The Morgan fingerprint density at radius 1 is 1.56 bits per heavy atom. The maximum absolute atomic E-state index is 8.91. The monoisotopic (exact) mass is 217 g/mol. The Labute approximate surface area is 95.5 Å². The number of nitriles is 1. The highest BCUT2D eigenvalue weighted by molar-refractivity contribution is 5.46. The summed E-state index contributed by atoms with van der Waals surface area (Å²) in [5.74, 6) is 0.854. The van der Waals surface area contributed by atoms with Crippen molar-refractivity contribution in [3.63, 3.8) is 0 Å². The Morgan fingerprint density at radius 2 is 2.38 bits per heavy atom. The van der Waals surface area contributed by atoms with E-state index in [0.717, 1.165) is 31.1 Å². The second-order valence-corrected chi connectivity index (χ2v) is 4.10. The molecule has 0 saturated carbocycles. The van der Waals surface area contributed by atoms with E-state index in [9.17, 15) is 0 Å². The van der Waals surface area contributed by atoms with Crippen molar-refractivity contribution in [1.82, 2.24) is 4.98 Å². The van der Waals surface area contributed by atoms with E-state index in [1.807, 2.05) is 20.0 Å². The average Bonchev–Trinajstić information content (AvgIpc) is 2.80. The van der Waals surface area contributed by atoms with Crippen LogP contribution in [0.15, 0.2) is 12.1 Å². The van der Waals surface area contributed by atoms with Crippen LogP contribution in [-0.4, -0.2) is 31.3 Å². The minimum atomic E-state index is 0.376. The molecule has 0 amide bonds. The lowest BCUT2D eigenvalue weighted by Gasteiger charge is -2.24. The standard InChI is InChI=1S/C12H15N3O/c1-9-5-10(7-13)6-12(14-9)15(2)11-3-4-16-8-11/h5-6,11H,3-4,8H2,1-2H3. The molecule has 0 aromatic carbocycles. The zero-order chi connectivity index (χ0) is 11.5. The molecule has 1 aromatic heterocycles. The van der Waals surface area contributed by atoms with E-state index in [0.29, 0.717) is 11.6 Å². The van der Waals surface area contributed by atoms with E-state index in [2.05, 4.69) is 16.0 Å². The third-order valence-corrected chi connectivity index (χ3v) is 2.88. The van der Waals surface area contributed by atoms with E-state index in [4.69, 9.17) is 10.00 Å². The Balaban J connectivity index is 2.25. The first kappa shape index (κ1) is 10.9. The fraction of sp³-hybridized carbons (Fsp3) is 0.500. The predicted molar refractivity (Wildman–Crippen MR) is 61.3 cm³/mol. The lowest BCUT2D eigenvalue weighted by atomic mass is 10.2. The fourth-order valence-corrected chi connectivity index (χ4v) is 1.91. The van der Waals surface area contributed by atoms with Crippen molar-refractivity contribution in [2.24, 2.45) is 0 Å². The lowest BCUT2D eigenvalue weighted by Crippen LogP contribution is -2.32. The summed E-state index contributed by atoms with van der Waals surface area (Å²) in [5, 5.41) is 8.91. The highest BCUT2D eigenvalue weighted by Crippen LogP contribution is 2.19. The topological polar surface area (TPSA) is 49.2 Å². The van der Waals surface area contributed by atoms with Gasteiger partial charge in [0, 0.05) is 19.3 Å². The third kappa shape index (κ3) is 2.15. The van der Waals surface area contributed by atoms with Crippen molar-refractivity contribution in [2.75, 3.05) is 25.2 Å². The molecule has 2 heterocycles. The summed E-state index contributed by atoms with van der Waals surface area (Å²) < 4.78 is 5.35. The van der Waals surface area contributed by atoms with Crippen LogP contribution in [0.2, 0.25) is 0 Å². The zero-order valence-corrected chi connectivity index (χ0v) is 9.60. The highest BCUT2D eigenvalue weighted by atomic mass is 16.5. The number of hydrogen-bond donors (Lipinski definition) is 0. The van der Waals surface area contributed by atoms with Crippen molar-refractivity contribution in [3.8, 4) is 6.07 Å². The molecule has 0 bridgehead atoms. The van der Waals surface area contributed by atoms with Crippen molar-refractivity contribution in [3.05, 3.63) is 23.4 Å². The molecule has 1 aliphatic heterocycles. The molecule has 0 aliphatic carbocycles. The molecule has 0 radical (unpaired) electrons. The minimum absolute atomic E-state index is 0.376. The number of nitrogens with zero attached hydrogens (tertiary/aromatic N) is 3. The van der Waals surface area contributed by atoms with Gasteiger partial charge in [0.2, 0.25) is 0 Å². The van der Waals surface area contributed by atoms with Crippen LogP contribution in [0.3, 0.4) is 0 Å². The molecule has 4 heteroatoms. The van der Waals surface area contributed by atoms with Crippen LogP contribution in [0.5, 0.6) is 0 Å². The molecule has 1 saturated heterocycles. The summed E-state index contributed by atoms with van der Waals surface area (Å²) in [6.45, 7) is 3.46. The molecular formula is C12H15N3O. The van der Waals surface area contributed by atoms with Gasteiger partial charge in [0.05, 0.1) is 24.3 Å².